The van der Waals surface area contributed by atoms with Crippen molar-refractivity contribution in [3.8, 4) is 11.1 Å². The van der Waals surface area contributed by atoms with E-state index in [2.05, 4.69) is 10.6 Å². The van der Waals surface area contributed by atoms with Gasteiger partial charge in [0.25, 0.3) is 11.8 Å². The van der Waals surface area contributed by atoms with Crippen LogP contribution < -0.4 is 33.3 Å². The Balaban J connectivity index is 2.05. The van der Waals surface area contributed by atoms with Gasteiger partial charge in [-0.05, 0) is 35.4 Å². The summed E-state index contributed by atoms with van der Waals surface area (Å²) in [6.07, 6.45) is 0. The van der Waals surface area contributed by atoms with Gasteiger partial charge < -0.3 is 27.8 Å². The molecule has 10 N–H and O–H groups in total. The van der Waals surface area contributed by atoms with Crippen LogP contribution >= 0.6 is 0 Å². The normalized spacial score (nSPS) is 12.6. The Morgan fingerprint density at radius 3 is 1.90 bits per heavy atom. The topological polar surface area (TPSA) is 186 Å². The molecule has 2 aromatic rings. The van der Waals surface area contributed by atoms with Crippen LogP contribution in [0.15, 0.2) is 48.5 Å². The molecule has 0 aliphatic carbocycles. The molecule has 0 aliphatic heterocycles. The number of anilines is 1. The van der Waals surface area contributed by atoms with Crippen LogP contribution in [-0.2, 0) is 9.59 Å². The summed E-state index contributed by atoms with van der Waals surface area (Å²) in [6, 6.07) is 12.0. The van der Waals surface area contributed by atoms with E-state index < -0.39 is 23.9 Å². The fraction of sp³-hybridized carbons (Fsp3) is 0.211. The minimum atomic E-state index is -1.04. The lowest BCUT2D eigenvalue weighted by Crippen LogP contribution is -2.50. The summed E-state index contributed by atoms with van der Waals surface area (Å²) in [5.41, 5.74) is 20.5. The van der Waals surface area contributed by atoms with Gasteiger partial charge in [-0.2, -0.15) is 0 Å². The fourth-order valence-corrected chi connectivity index (χ4v) is 2.45. The van der Waals surface area contributed by atoms with Crippen LogP contribution in [0.2, 0.25) is 0 Å². The van der Waals surface area contributed by atoms with E-state index in [-0.39, 0.29) is 19.0 Å². The average Bonchev–Trinajstić information content (AvgIpc) is 2.76. The van der Waals surface area contributed by atoms with E-state index in [1.807, 2.05) is 12.1 Å². The van der Waals surface area contributed by atoms with Crippen LogP contribution in [0.1, 0.15) is 10.4 Å². The largest absolute Gasteiger partial charge is 0.339 e. The van der Waals surface area contributed by atoms with Crippen LogP contribution in [0.3, 0.4) is 0 Å². The van der Waals surface area contributed by atoms with Gasteiger partial charge in [0.15, 0.2) is 0 Å². The Hall–Kier alpha value is -3.31. The second kappa shape index (κ2) is 10.3. The smallest absolute Gasteiger partial charge is 0.267 e. The maximum absolute atomic E-state index is 12.2. The molecule has 29 heavy (non-hydrogen) atoms. The first-order chi connectivity index (χ1) is 13.9. The molecule has 10 nitrogen and oxygen atoms in total. The van der Waals surface area contributed by atoms with E-state index in [1.54, 1.807) is 36.4 Å². The van der Waals surface area contributed by atoms with E-state index >= 15 is 0 Å². The number of hydroxylamine groups is 1. The van der Waals surface area contributed by atoms with Crippen LogP contribution in [0.5, 0.6) is 0 Å². The number of hydrogen-bond acceptors (Lipinski definition) is 7. The van der Waals surface area contributed by atoms with E-state index in [1.165, 1.54) is 5.48 Å². The Kier molecular flexibility index (Phi) is 7.80. The van der Waals surface area contributed by atoms with Gasteiger partial charge in [0.1, 0.15) is 6.04 Å². The Morgan fingerprint density at radius 1 is 0.862 bits per heavy atom. The van der Waals surface area contributed by atoms with Crippen molar-refractivity contribution >= 4 is 23.4 Å². The average molecular weight is 400 g/mol. The maximum atomic E-state index is 12.2. The molecule has 0 heterocycles. The molecule has 2 atom stereocenters. The Labute approximate surface area is 167 Å². The molecule has 2 rings (SSSR count). The number of carbonyl (C=O) groups excluding carboxylic acids is 3. The maximum Gasteiger partial charge on any atom is 0.267 e. The highest BCUT2D eigenvalue weighted by Crippen LogP contribution is 2.22. The summed E-state index contributed by atoms with van der Waals surface area (Å²) in [5, 5.41) is 13.8. The number of benzene rings is 2. The first-order valence-corrected chi connectivity index (χ1v) is 8.81. The zero-order valence-corrected chi connectivity index (χ0v) is 15.6. The van der Waals surface area contributed by atoms with Gasteiger partial charge in [-0.25, -0.2) is 5.48 Å². The van der Waals surface area contributed by atoms with Gasteiger partial charge in [-0.3, -0.25) is 19.6 Å². The molecule has 2 aromatic carbocycles. The van der Waals surface area contributed by atoms with E-state index in [0.717, 1.165) is 11.1 Å². The zero-order chi connectivity index (χ0) is 21.4. The van der Waals surface area contributed by atoms with Crippen molar-refractivity contribution in [1.82, 2.24) is 10.8 Å². The summed E-state index contributed by atoms with van der Waals surface area (Å²) in [7, 11) is 0. The van der Waals surface area contributed by atoms with Crippen molar-refractivity contribution in [3.05, 3.63) is 54.1 Å². The van der Waals surface area contributed by atoms with Gasteiger partial charge in [-0.1, -0.05) is 24.3 Å². The van der Waals surface area contributed by atoms with Crippen molar-refractivity contribution in [2.75, 3.05) is 18.4 Å². The highest BCUT2D eigenvalue weighted by molar-refractivity contribution is 5.98. The first-order valence-electron chi connectivity index (χ1n) is 8.81. The minimum absolute atomic E-state index is 0.0561. The molecule has 0 aromatic heterocycles. The summed E-state index contributed by atoms with van der Waals surface area (Å²) >= 11 is 0. The SMILES string of the molecule is NC[C@H](NC(=O)c1ccc(-c2ccc(NC(=O)[C@@H](N)CN)cc2)cc1)C(=O)NO. The standard InChI is InChI=1S/C19H24N6O4/c20-9-15(22)18(27)23-14-7-5-12(6-8-14)11-1-3-13(4-2-11)17(26)24-16(10-21)19(28)25-29/h1-8,15-16,29H,9-10,20-22H2,(H,23,27)(H,24,26)(H,25,28)/t15-,16-/m0/s1. The molecule has 3 amide bonds. The van der Waals surface area contributed by atoms with Crippen molar-refractivity contribution in [2.24, 2.45) is 17.2 Å². The van der Waals surface area contributed by atoms with Gasteiger partial charge >= 0.3 is 0 Å². The zero-order valence-electron chi connectivity index (χ0n) is 15.6. The molecule has 0 aliphatic rings. The number of nitrogens with two attached hydrogens (primary N) is 3. The molecule has 10 heteroatoms. The Bertz CT molecular complexity index is 854. The summed E-state index contributed by atoms with van der Waals surface area (Å²) in [4.78, 5) is 35.4. The fourth-order valence-electron chi connectivity index (χ4n) is 2.45. The van der Waals surface area contributed by atoms with Gasteiger partial charge in [0.2, 0.25) is 5.91 Å². The lowest BCUT2D eigenvalue weighted by Gasteiger charge is -2.14. The molecular formula is C19H24N6O4. The monoisotopic (exact) mass is 400 g/mol. The third kappa shape index (κ3) is 5.83. The molecule has 0 saturated carbocycles. The second-order valence-electron chi connectivity index (χ2n) is 6.22. The summed E-state index contributed by atoms with van der Waals surface area (Å²) < 4.78 is 0. The highest BCUT2D eigenvalue weighted by Gasteiger charge is 2.19. The molecular weight excluding hydrogens is 376 g/mol. The molecule has 0 bridgehead atoms. The number of nitrogens with one attached hydrogen (secondary N) is 3. The molecule has 154 valence electrons. The predicted octanol–water partition coefficient (Wildman–Crippen LogP) is -0.859. The molecule has 0 radical (unpaired) electrons. The van der Waals surface area contributed by atoms with Crippen LogP contribution in [0.25, 0.3) is 11.1 Å². The van der Waals surface area contributed by atoms with E-state index in [9.17, 15) is 14.4 Å². The van der Waals surface area contributed by atoms with Crippen LogP contribution in [0.4, 0.5) is 5.69 Å². The molecule has 0 fully saturated rings. The number of rotatable bonds is 8. The molecule has 0 spiro atoms. The quantitative estimate of drug-likeness (QED) is 0.222. The van der Waals surface area contributed by atoms with Crippen molar-refractivity contribution in [1.29, 1.82) is 0 Å². The van der Waals surface area contributed by atoms with Crippen molar-refractivity contribution < 1.29 is 19.6 Å². The summed E-state index contributed by atoms with van der Waals surface area (Å²) in [6.45, 7) is -0.101. The third-order valence-corrected chi connectivity index (χ3v) is 4.19. The Morgan fingerprint density at radius 2 is 1.41 bits per heavy atom. The third-order valence-electron chi connectivity index (χ3n) is 4.19. The van der Waals surface area contributed by atoms with Crippen LogP contribution in [-0.4, -0.2) is 48.1 Å². The van der Waals surface area contributed by atoms with Crippen molar-refractivity contribution in [2.45, 2.75) is 12.1 Å². The van der Waals surface area contributed by atoms with Gasteiger partial charge in [-0.15, -0.1) is 0 Å². The van der Waals surface area contributed by atoms with Gasteiger partial charge in [0.05, 0.1) is 6.04 Å². The molecule has 0 saturated heterocycles. The number of hydrogen-bond donors (Lipinski definition) is 7. The van der Waals surface area contributed by atoms with Crippen molar-refractivity contribution in [3.63, 3.8) is 0 Å². The molecule has 0 unspecified atom stereocenters. The lowest BCUT2D eigenvalue weighted by atomic mass is 10.0. The summed E-state index contributed by atoms with van der Waals surface area (Å²) in [5.74, 6) is -1.65. The van der Waals surface area contributed by atoms with E-state index in [0.29, 0.717) is 11.3 Å². The van der Waals surface area contributed by atoms with Crippen LogP contribution in [0, 0.1) is 0 Å². The first kappa shape index (κ1) is 22.0. The second-order valence-corrected chi connectivity index (χ2v) is 6.22. The minimum Gasteiger partial charge on any atom is -0.339 e. The number of carbonyl (C=O) groups is 3. The number of amides is 3. The van der Waals surface area contributed by atoms with E-state index in [4.69, 9.17) is 22.4 Å². The van der Waals surface area contributed by atoms with Gasteiger partial charge in [0, 0.05) is 24.3 Å². The predicted molar refractivity (Wildman–Crippen MR) is 108 cm³/mol. The highest BCUT2D eigenvalue weighted by atomic mass is 16.5. The lowest BCUT2D eigenvalue weighted by molar-refractivity contribution is -0.130.